The molecule has 1 aromatic rings. The summed E-state index contributed by atoms with van der Waals surface area (Å²) in [5.74, 6) is -0.0625. The van der Waals surface area contributed by atoms with Crippen LogP contribution in [0.15, 0.2) is 11.2 Å². The average Bonchev–Trinajstić information content (AvgIpc) is 1.59. The Bertz CT molecular complexity index is 176. The van der Waals surface area contributed by atoms with Crippen molar-refractivity contribution in [1.82, 2.24) is 9.97 Å². The minimum absolute atomic E-state index is 0.0625. The van der Waals surface area contributed by atoms with E-state index < -0.39 is 0 Å². The minimum Gasteiger partial charge on any atom is -0.493 e. The molecule has 0 saturated heterocycles. The van der Waals surface area contributed by atoms with Gasteiger partial charge >= 0.3 is 0 Å². The summed E-state index contributed by atoms with van der Waals surface area (Å²) in [5, 5.41) is 8.96. The summed E-state index contributed by atoms with van der Waals surface area (Å²) in [6.45, 7) is 1.75. The molecular weight excluding hydrogens is 136 g/mol. The third kappa shape index (κ3) is 1.50. The predicted molar refractivity (Wildman–Crippen MR) is 34.3 cm³/mol. The highest BCUT2D eigenvalue weighted by Crippen LogP contribution is 2.07. The zero-order chi connectivity index (χ0) is 6.85. The van der Waals surface area contributed by atoms with Crippen LogP contribution in [0, 0.1) is 6.92 Å². The number of aryl methyl sites for hydroxylation is 1. The molecule has 0 atom stereocenters. The summed E-state index contributed by atoms with van der Waals surface area (Å²) in [5.41, 5.74) is 0.688. The second kappa shape index (κ2) is 2.14. The molecule has 0 bridgehead atoms. The van der Waals surface area contributed by atoms with Crippen molar-refractivity contribution < 1.29 is 5.11 Å². The van der Waals surface area contributed by atoms with E-state index in [4.69, 9.17) is 5.11 Å². The largest absolute Gasteiger partial charge is 0.493 e. The van der Waals surface area contributed by atoms with E-state index in [-0.39, 0.29) is 11.0 Å². The first-order valence-electron chi connectivity index (χ1n) is 2.40. The van der Waals surface area contributed by atoms with Gasteiger partial charge in [-0.1, -0.05) is 0 Å². The lowest BCUT2D eigenvalue weighted by Gasteiger charge is -1.92. The molecule has 0 spiro atoms. The van der Waals surface area contributed by atoms with Crippen LogP contribution in [0.5, 0.6) is 5.88 Å². The average molecular weight is 141 g/mol. The number of aromatic nitrogens is 2. The Morgan fingerprint density at radius 2 is 2.22 bits per heavy atom. The second-order valence-corrected chi connectivity index (χ2v) is 2.02. The fourth-order valence-electron chi connectivity index (χ4n) is 0.525. The molecule has 0 unspecified atom stereocenters. The zero-order valence-electron chi connectivity index (χ0n) is 4.83. The van der Waals surface area contributed by atoms with Gasteiger partial charge in [0.2, 0.25) is 11.0 Å². The van der Waals surface area contributed by atoms with Gasteiger partial charge in [0.1, 0.15) is 0 Å². The van der Waals surface area contributed by atoms with Crippen molar-refractivity contribution in [3.63, 3.8) is 0 Å². The molecule has 0 aliphatic rings. The monoisotopic (exact) mass is 141 g/mol. The van der Waals surface area contributed by atoms with Crippen LogP contribution in [0.4, 0.5) is 0 Å². The van der Waals surface area contributed by atoms with Gasteiger partial charge in [0.15, 0.2) is 0 Å². The first kappa shape index (κ1) is 6.22. The summed E-state index contributed by atoms with van der Waals surface area (Å²) >= 11 is 4.60. The molecule has 3 nitrogen and oxygen atoms in total. The Hall–Kier alpha value is -0.900. The highest BCUT2D eigenvalue weighted by molar-refractivity contribution is 7.80. The summed E-state index contributed by atoms with van der Waals surface area (Å²) in [6, 6.07) is 1.45. The van der Waals surface area contributed by atoms with E-state index in [1.807, 2.05) is 0 Å². The van der Waals surface area contributed by atoms with Gasteiger partial charge < -0.3 is 5.11 Å². The number of rotatable bonds is 0. The van der Waals surface area contributed by atoms with E-state index in [1.54, 1.807) is 6.92 Å². The Labute approximate surface area is 58.2 Å². The Morgan fingerprint density at radius 1 is 1.56 bits per heavy atom. The molecule has 1 radical (unpaired) electrons. The molecule has 0 saturated carbocycles. The fourth-order valence-corrected chi connectivity index (χ4v) is 0.763. The first-order valence-corrected chi connectivity index (χ1v) is 2.81. The van der Waals surface area contributed by atoms with Gasteiger partial charge in [0.25, 0.3) is 0 Å². The molecule has 1 N–H and O–H groups in total. The maximum absolute atomic E-state index is 8.78. The van der Waals surface area contributed by atoms with Crippen molar-refractivity contribution in [1.29, 1.82) is 0 Å². The van der Waals surface area contributed by atoms with E-state index in [0.717, 1.165) is 0 Å². The van der Waals surface area contributed by atoms with E-state index in [1.165, 1.54) is 6.07 Å². The summed E-state index contributed by atoms with van der Waals surface area (Å²) in [4.78, 5) is 7.27. The zero-order valence-corrected chi connectivity index (χ0v) is 5.64. The van der Waals surface area contributed by atoms with Crippen molar-refractivity contribution >= 4 is 12.6 Å². The topological polar surface area (TPSA) is 46.0 Å². The third-order valence-electron chi connectivity index (χ3n) is 0.820. The maximum atomic E-state index is 8.78. The molecule has 4 heteroatoms. The highest BCUT2D eigenvalue weighted by atomic mass is 32.1. The third-order valence-corrected chi connectivity index (χ3v) is 1.00. The van der Waals surface area contributed by atoms with Gasteiger partial charge in [-0.3, -0.25) is 0 Å². The van der Waals surface area contributed by atoms with E-state index in [2.05, 4.69) is 22.6 Å². The van der Waals surface area contributed by atoms with Gasteiger partial charge in [-0.25, -0.2) is 4.98 Å². The van der Waals surface area contributed by atoms with Crippen molar-refractivity contribution in [3.8, 4) is 5.88 Å². The fraction of sp³-hybridized carbons (Fsp3) is 0.200. The van der Waals surface area contributed by atoms with E-state index in [9.17, 15) is 0 Å². The predicted octanol–water partition coefficient (Wildman–Crippen LogP) is 1.05. The van der Waals surface area contributed by atoms with Gasteiger partial charge in [0, 0.05) is 11.8 Å². The Balaban J connectivity index is 3.17. The van der Waals surface area contributed by atoms with Crippen LogP contribution in [-0.4, -0.2) is 15.1 Å². The van der Waals surface area contributed by atoms with Crippen molar-refractivity contribution in [2.75, 3.05) is 0 Å². The molecule has 9 heavy (non-hydrogen) atoms. The standard InChI is InChI=1S/C5H5N2OS/c1-3-2-4(8)7-5(9)6-3/h2H,1H3,(H,6,7,8). The maximum Gasteiger partial charge on any atom is 0.222 e. The van der Waals surface area contributed by atoms with Gasteiger partial charge in [-0.05, 0) is 19.6 Å². The molecule has 47 valence electrons. The molecule has 1 rings (SSSR count). The molecule has 1 heterocycles. The summed E-state index contributed by atoms with van der Waals surface area (Å²) in [7, 11) is 0. The van der Waals surface area contributed by atoms with Crippen LogP contribution in [0.3, 0.4) is 0 Å². The van der Waals surface area contributed by atoms with E-state index >= 15 is 0 Å². The van der Waals surface area contributed by atoms with E-state index in [0.29, 0.717) is 5.69 Å². The number of hydrogen-bond donors (Lipinski definition) is 1. The molecule has 0 amide bonds. The van der Waals surface area contributed by atoms with Gasteiger partial charge in [-0.2, -0.15) is 4.98 Å². The molecular formula is C5H5N2OS. The van der Waals surface area contributed by atoms with Crippen LogP contribution in [0.2, 0.25) is 0 Å². The first-order chi connectivity index (χ1) is 4.18. The second-order valence-electron chi connectivity index (χ2n) is 1.65. The van der Waals surface area contributed by atoms with Crippen LogP contribution in [-0.2, 0) is 0 Å². The lowest BCUT2D eigenvalue weighted by Crippen LogP contribution is -1.85. The van der Waals surface area contributed by atoms with Crippen molar-refractivity contribution in [3.05, 3.63) is 11.8 Å². The van der Waals surface area contributed by atoms with Gasteiger partial charge in [0.05, 0.1) is 0 Å². The smallest absolute Gasteiger partial charge is 0.222 e. The summed E-state index contributed by atoms with van der Waals surface area (Å²) < 4.78 is 0. The number of aromatic hydroxyl groups is 1. The number of hydrogen-bond acceptors (Lipinski definition) is 3. The summed E-state index contributed by atoms with van der Waals surface area (Å²) in [6.07, 6.45) is 0. The van der Waals surface area contributed by atoms with Crippen molar-refractivity contribution in [2.24, 2.45) is 0 Å². The Morgan fingerprint density at radius 3 is 2.67 bits per heavy atom. The quantitative estimate of drug-likeness (QED) is 0.549. The van der Waals surface area contributed by atoms with Crippen molar-refractivity contribution in [2.45, 2.75) is 12.1 Å². The highest BCUT2D eigenvalue weighted by Gasteiger charge is 1.94. The Kier molecular flexibility index (Phi) is 1.48. The van der Waals surface area contributed by atoms with Gasteiger partial charge in [-0.15, -0.1) is 0 Å². The normalized spacial score (nSPS) is 9.44. The number of nitrogens with zero attached hydrogens (tertiary/aromatic N) is 2. The van der Waals surface area contributed by atoms with Crippen LogP contribution < -0.4 is 0 Å². The lowest BCUT2D eigenvalue weighted by molar-refractivity contribution is 0.444. The minimum atomic E-state index is -0.0625. The van der Waals surface area contributed by atoms with Crippen LogP contribution in [0.1, 0.15) is 5.69 Å². The SMILES string of the molecule is Cc1cc(O)nc([S])n1. The molecule has 0 aliphatic carbocycles. The van der Waals surface area contributed by atoms with Crippen LogP contribution in [0.25, 0.3) is 0 Å². The lowest BCUT2D eigenvalue weighted by atomic mass is 10.4. The molecule has 0 fully saturated rings. The molecule has 1 aromatic heterocycles. The molecule has 0 aromatic carbocycles. The molecule has 0 aliphatic heterocycles. The van der Waals surface area contributed by atoms with Crippen LogP contribution >= 0.6 is 12.6 Å².